The van der Waals surface area contributed by atoms with Gasteiger partial charge in [-0.2, -0.15) is 0 Å². The zero-order valence-electron chi connectivity index (χ0n) is 26.9. The number of aromatic nitrogens is 1. The summed E-state index contributed by atoms with van der Waals surface area (Å²) in [5.41, 5.74) is -1.39. The lowest BCUT2D eigenvalue weighted by atomic mass is 10.0. The minimum atomic E-state index is -3.90. The number of methoxy groups -OCH3 is 1. The van der Waals surface area contributed by atoms with E-state index in [2.05, 4.69) is 26.9 Å². The van der Waals surface area contributed by atoms with Crippen LogP contribution in [0.25, 0.3) is 10.8 Å². The third kappa shape index (κ3) is 7.22. The summed E-state index contributed by atoms with van der Waals surface area (Å²) in [6.45, 7) is 6.63. The largest absolute Gasteiger partial charge is 0.497 e. The molecule has 1 saturated heterocycles. The van der Waals surface area contributed by atoms with Crippen LogP contribution in [-0.2, 0) is 29.2 Å². The van der Waals surface area contributed by atoms with Crippen LogP contribution in [-0.4, -0.2) is 95.6 Å². The second-order valence-electron chi connectivity index (χ2n) is 12.5. The molecule has 2 aliphatic carbocycles. The maximum Gasteiger partial charge on any atom is 0.405 e. The second-order valence-corrected chi connectivity index (χ2v) is 14.5. The fourth-order valence-corrected chi connectivity index (χ4v) is 7.45. The molecule has 5 atom stereocenters. The Morgan fingerprint density at radius 1 is 1.19 bits per heavy atom. The number of nitrogens with one attached hydrogen (secondary N) is 3. The van der Waals surface area contributed by atoms with E-state index in [1.165, 1.54) is 20.2 Å². The van der Waals surface area contributed by atoms with E-state index in [0.717, 1.165) is 10.3 Å². The number of hydrogen-bond donors (Lipinski definition) is 4. The molecular formula is C32H39N5O10S. The van der Waals surface area contributed by atoms with Crippen LogP contribution in [0.3, 0.4) is 0 Å². The van der Waals surface area contributed by atoms with Gasteiger partial charge in [-0.1, -0.05) is 19.9 Å². The summed E-state index contributed by atoms with van der Waals surface area (Å²) in [5.74, 6) is -2.51. The number of carboxylic acid groups (broad SMARTS) is 1. The van der Waals surface area contributed by atoms with Gasteiger partial charge in [0.25, 0.3) is 5.91 Å². The molecule has 4 N–H and O–H groups in total. The average Bonchev–Trinajstić information content (AvgIpc) is 3.96. The molecule has 3 aliphatic rings. The monoisotopic (exact) mass is 685 g/mol. The van der Waals surface area contributed by atoms with E-state index in [4.69, 9.17) is 9.47 Å². The summed E-state index contributed by atoms with van der Waals surface area (Å²) < 4.78 is 38.8. The van der Waals surface area contributed by atoms with Gasteiger partial charge in [0, 0.05) is 24.4 Å². The average molecular weight is 686 g/mol. The highest BCUT2D eigenvalue weighted by Crippen LogP contribution is 2.47. The predicted octanol–water partition coefficient (Wildman–Crippen LogP) is 1.66. The Morgan fingerprint density at radius 3 is 2.52 bits per heavy atom. The van der Waals surface area contributed by atoms with Crippen molar-refractivity contribution in [3.05, 3.63) is 42.6 Å². The van der Waals surface area contributed by atoms with E-state index in [0.29, 0.717) is 30.4 Å². The number of carbonyl (C=O) groups is 5. The number of nitrogens with zero attached hydrogens (tertiary/aromatic N) is 2. The van der Waals surface area contributed by atoms with Crippen molar-refractivity contribution in [2.75, 3.05) is 13.7 Å². The van der Waals surface area contributed by atoms with Crippen LogP contribution >= 0.6 is 0 Å². The molecule has 0 bridgehead atoms. The number of pyridine rings is 1. The minimum Gasteiger partial charge on any atom is -0.497 e. The number of likely N-dealkylation sites (tertiary alicyclic amines) is 1. The van der Waals surface area contributed by atoms with Crippen LogP contribution in [0.15, 0.2) is 42.6 Å². The Bertz CT molecular complexity index is 1780. The Balaban J connectivity index is 1.43. The summed E-state index contributed by atoms with van der Waals surface area (Å²) in [6.07, 6.45) is 0.114. The highest BCUT2D eigenvalue weighted by atomic mass is 32.2. The van der Waals surface area contributed by atoms with E-state index < -0.39 is 75.0 Å². The first-order chi connectivity index (χ1) is 22.7. The number of allylic oxidation sites excluding steroid dienone is 1. The van der Waals surface area contributed by atoms with Gasteiger partial charge in [0.2, 0.25) is 27.7 Å². The molecule has 1 aromatic heterocycles. The lowest BCUT2D eigenvalue weighted by molar-refractivity contribution is -0.141. The van der Waals surface area contributed by atoms with Gasteiger partial charge < -0.3 is 30.1 Å². The van der Waals surface area contributed by atoms with Crippen molar-refractivity contribution in [3.63, 3.8) is 0 Å². The lowest BCUT2D eigenvalue weighted by Crippen LogP contribution is -2.58. The van der Waals surface area contributed by atoms with Crippen LogP contribution in [0.4, 0.5) is 4.79 Å². The number of Topliss-reactive ketones (excluding diaryl/α,β-unsaturated/α-hetero) is 1. The van der Waals surface area contributed by atoms with E-state index in [-0.39, 0.29) is 36.8 Å². The van der Waals surface area contributed by atoms with Gasteiger partial charge in [0.15, 0.2) is 5.78 Å². The van der Waals surface area contributed by atoms with Crippen molar-refractivity contribution < 1.29 is 47.0 Å². The predicted molar refractivity (Wildman–Crippen MR) is 172 cm³/mol. The molecule has 0 unspecified atom stereocenters. The van der Waals surface area contributed by atoms with Crippen LogP contribution < -0.4 is 24.8 Å². The Morgan fingerprint density at radius 2 is 1.92 bits per heavy atom. The van der Waals surface area contributed by atoms with Crippen molar-refractivity contribution in [1.29, 1.82) is 0 Å². The van der Waals surface area contributed by atoms with E-state index in [9.17, 15) is 37.5 Å². The standard InChI is InChI=1S/C32H39N5O10S/c1-5-19-15-32(19,30(41)36-48(44,45)22-7-8-22)35-27(39)25-13-21(47-28-23-9-6-20(46-4)12-18(23)10-11-33-28)16-37(25)29(40)24(34-31(42)43)14-26(38)17(2)3/h6,9-12,19,21-22,24-25,34H,2,5,7-8,13-16H2,1,3-4H3,(H,35,39)(H,36,41)(H,42,43)/t19-,21-,24+,25+,32-/m1/s1. The molecule has 1 aliphatic heterocycles. The van der Waals surface area contributed by atoms with Crippen LogP contribution in [0.2, 0.25) is 0 Å². The quantitative estimate of drug-likeness (QED) is 0.210. The number of ketones is 1. The normalized spacial score (nSPS) is 23.9. The van der Waals surface area contributed by atoms with Gasteiger partial charge in [-0.15, -0.1) is 0 Å². The van der Waals surface area contributed by atoms with Gasteiger partial charge in [0.05, 0.1) is 18.9 Å². The molecule has 2 heterocycles. The Hall–Kier alpha value is -4.73. The number of hydrogen-bond acceptors (Lipinski definition) is 10. The maximum absolute atomic E-state index is 14.0. The highest BCUT2D eigenvalue weighted by Gasteiger charge is 2.62. The highest BCUT2D eigenvalue weighted by molar-refractivity contribution is 7.91. The smallest absolute Gasteiger partial charge is 0.405 e. The molecule has 48 heavy (non-hydrogen) atoms. The minimum absolute atomic E-state index is 0.0745. The molecule has 3 fully saturated rings. The van der Waals surface area contributed by atoms with Gasteiger partial charge in [-0.05, 0) is 67.3 Å². The van der Waals surface area contributed by atoms with Crippen molar-refractivity contribution >= 4 is 50.4 Å². The first kappa shape index (κ1) is 34.6. The molecule has 0 spiro atoms. The van der Waals surface area contributed by atoms with E-state index >= 15 is 0 Å². The Labute approximate surface area is 277 Å². The molecule has 1 aromatic carbocycles. The lowest BCUT2D eigenvalue weighted by Gasteiger charge is -2.29. The Kier molecular flexibility index (Phi) is 9.67. The summed E-state index contributed by atoms with van der Waals surface area (Å²) >= 11 is 0. The van der Waals surface area contributed by atoms with Gasteiger partial charge in [0.1, 0.15) is 29.5 Å². The molecule has 4 amide bonds. The maximum atomic E-state index is 14.0. The fourth-order valence-electron chi connectivity index (χ4n) is 6.09. The number of carbonyl (C=O) groups excluding carboxylic acids is 4. The topological polar surface area (TPSA) is 210 Å². The SMILES string of the molecule is C=C(C)C(=O)C[C@H](NC(=O)O)C(=O)N1C[C@H](Oc2nccc3cc(OC)ccc23)C[C@H]1C(=O)N[C@]1(C(=O)NS(=O)(=O)C2CC2)C[C@H]1CC. The third-order valence-corrected chi connectivity index (χ3v) is 10.9. The molecule has 258 valence electrons. The number of sulfonamides is 1. The molecule has 2 aromatic rings. The summed E-state index contributed by atoms with van der Waals surface area (Å²) in [7, 11) is -2.36. The molecule has 0 radical (unpaired) electrons. The van der Waals surface area contributed by atoms with E-state index in [1.54, 1.807) is 24.3 Å². The summed E-state index contributed by atoms with van der Waals surface area (Å²) in [4.78, 5) is 70.9. The fraction of sp³-hybridized carbons (Fsp3) is 0.500. The first-order valence-electron chi connectivity index (χ1n) is 15.6. The first-order valence-corrected chi connectivity index (χ1v) is 17.2. The number of rotatable bonds is 14. The van der Waals surface area contributed by atoms with Crippen LogP contribution in [0, 0.1) is 5.92 Å². The number of fused-ring (bicyclic) bond motifs is 1. The zero-order valence-corrected chi connectivity index (χ0v) is 27.7. The van der Waals surface area contributed by atoms with Gasteiger partial charge in [-0.3, -0.25) is 23.9 Å². The third-order valence-electron chi connectivity index (χ3n) is 9.07. The molecular weight excluding hydrogens is 646 g/mol. The van der Waals surface area contributed by atoms with E-state index in [1.807, 2.05) is 6.92 Å². The van der Waals surface area contributed by atoms with Crippen molar-refractivity contribution in [2.24, 2.45) is 5.92 Å². The zero-order chi connectivity index (χ0) is 35.0. The summed E-state index contributed by atoms with van der Waals surface area (Å²) in [5, 5.41) is 15.0. The van der Waals surface area contributed by atoms with Crippen molar-refractivity contribution in [2.45, 2.75) is 81.3 Å². The van der Waals surface area contributed by atoms with Crippen molar-refractivity contribution in [1.82, 2.24) is 25.2 Å². The second kappa shape index (κ2) is 13.4. The molecule has 16 heteroatoms. The summed E-state index contributed by atoms with van der Waals surface area (Å²) in [6, 6.07) is 4.22. The van der Waals surface area contributed by atoms with Gasteiger partial charge in [-0.25, -0.2) is 18.2 Å². The van der Waals surface area contributed by atoms with Crippen molar-refractivity contribution in [3.8, 4) is 11.6 Å². The van der Waals surface area contributed by atoms with Gasteiger partial charge >= 0.3 is 6.09 Å². The van der Waals surface area contributed by atoms with Crippen LogP contribution in [0.1, 0.15) is 52.4 Å². The number of ether oxygens (including phenoxy) is 2. The molecule has 15 nitrogen and oxygen atoms in total. The molecule has 2 saturated carbocycles. The number of benzene rings is 1. The number of amides is 4. The van der Waals surface area contributed by atoms with Crippen LogP contribution in [0.5, 0.6) is 11.6 Å². The molecule has 5 rings (SSSR count).